The summed E-state index contributed by atoms with van der Waals surface area (Å²) in [5, 5.41) is 4.24. The first kappa shape index (κ1) is 33.4. The molecule has 270 valence electrons. The number of benzene rings is 6. The fraction of sp³-hybridized carbons (Fsp3) is 0. The molecule has 0 aliphatic rings. The monoisotopic (exact) mass is 740 g/mol. The zero-order valence-corrected chi connectivity index (χ0v) is 31.2. The quantitative estimate of drug-likeness (QED) is 0.158. The summed E-state index contributed by atoms with van der Waals surface area (Å²) >= 11 is 0. The number of pyridine rings is 4. The summed E-state index contributed by atoms with van der Waals surface area (Å²) in [4.78, 5) is 29.5. The molecule has 0 N–H and O–H groups in total. The lowest BCUT2D eigenvalue weighted by molar-refractivity contribution is 1.18. The molecule has 0 saturated heterocycles. The van der Waals surface area contributed by atoms with Crippen LogP contribution < -0.4 is 0 Å². The van der Waals surface area contributed by atoms with E-state index in [-0.39, 0.29) is 0 Å². The van der Waals surface area contributed by atoms with Crippen LogP contribution in [0.4, 0.5) is 0 Å². The van der Waals surface area contributed by atoms with Crippen molar-refractivity contribution in [3.63, 3.8) is 0 Å². The highest BCUT2D eigenvalue weighted by molar-refractivity contribution is 6.10. The molecule has 0 fully saturated rings. The highest BCUT2D eigenvalue weighted by Gasteiger charge is 2.14. The number of rotatable bonds is 6. The van der Waals surface area contributed by atoms with Crippen molar-refractivity contribution in [2.24, 2.45) is 0 Å². The Balaban J connectivity index is 0.897. The highest BCUT2D eigenvalue weighted by atomic mass is 14.9. The summed E-state index contributed by atoms with van der Waals surface area (Å²) in [5.74, 6) is 0.701. The van der Waals surface area contributed by atoms with Crippen LogP contribution in [0.3, 0.4) is 0 Å². The van der Waals surface area contributed by atoms with Crippen molar-refractivity contribution in [1.82, 2.24) is 29.9 Å². The molecule has 0 unspecified atom stereocenters. The second kappa shape index (κ2) is 14.0. The zero-order valence-electron chi connectivity index (χ0n) is 31.2. The average Bonchev–Trinajstić information content (AvgIpc) is 3.31. The molecule has 0 amide bonds. The molecule has 0 radical (unpaired) electrons. The van der Waals surface area contributed by atoms with Gasteiger partial charge in [0.25, 0.3) is 0 Å². The standard InChI is InChI=1S/C52H32N6/c1-3-9-33(10-4-1)48-32-49(58-52(57-48)37-11-5-2-6-12-37)35-17-15-34(16-18-35)44-25-23-40-29-38(22-24-45(40)55-44)39-20-19-36-21-26-46(56-47(36)31-39)43-30-41-13-7-27-53-50(41)51-42(43)14-8-28-54-51/h1-32H. The molecule has 0 aliphatic carbocycles. The van der Waals surface area contributed by atoms with Crippen molar-refractivity contribution < 1.29 is 0 Å². The van der Waals surface area contributed by atoms with E-state index in [9.17, 15) is 0 Å². The normalized spacial score (nSPS) is 11.4. The van der Waals surface area contributed by atoms with Gasteiger partial charge in [0, 0.05) is 61.8 Å². The van der Waals surface area contributed by atoms with E-state index >= 15 is 0 Å². The summed E-state index contributed by atoms with van der Waals surface area (Å²) in [5.41, 5.74) is 14.6. The topological polar surface area (TPSA) is 77.3 Å². The van der Waals surface area contributed by atoms with Crippen LogP contribution in [-0.2, 0) is 0 Å². The third-order valence-corrected chi connectivity index (χ3v) is 10.8. The van der Waals surface area contributed by atoms with Gasteiger partial charge in [0.15, 0.2) is 5.82 Å². The fourth-order valence-corrected chi connectivity index (χ4v) is 7.78. The predicted molar refractivity (Wildman–Crippen MR) is 236 cm³/mol. The van der Waals surface area contributed by atoms with Gasteiger partial charge in [-0.2, -0.15) is 0 Å². The maximum atomic E-state index is 5.19. The number of nitrogens with zero attached hydrogens (tertiary/aromatic N) is 6. The van der Waals surface area contributed by atoms with Gasteiger partial charge in [-0.1, -0.05) is 127 Å². The molecule has 6 aromatic carbocycles. The van der Waals surface area contributed by atoms with Gasteiger partial charge in [-0.25, -0.2) is 19.9 Å². The molecule has 11 aromatic rings. The summed E-state index contributed by atoms with van der Waals surface area (Å²) in [6, 6.07) is 62.6. The minimum absolute atomic E-state index is 0.701. The van der Waals surface area contributed by atoms with Gasteiger partial charge in [0.05, 0.1) is 44.8 Å². The van der Waals surface area contributed by atoms with Gasteiger partial charge in [-0.3, -0.25) is 9.97 Å². The van der Waals surface area contributed by atoms with Crippen LogP contribution >= 0.6 is 0 Å². The second-order valence-electron chi connectivity index (χ2n) is 14.4. The van der Waals surface area contributed by atoms with E-state index in [2.05, 4.69) is 126 Å². The van der Waals surface area contributed by atoms with E-state index in [4.69, 9.17) is 24.9 Å². The van der Waals surface area contributed by atoms with E-state index < -0.39 is 0 Å². The Morgan fingerprint density at radius 2 is 0.879 bits per heavy atom. The van der Waals surface area contributed by atoms with Gasteiger partial charge in [-0.05, 0) is 65.7 Å². The molecule has 0 spiro atoms. The predicted octanol–water partition coefficient (Wildman–Crippen LogP) is 12.7. The van der Waals surface area contributed by atoms with Crippen molar-refractivity contribution in [2.75, 3.05) is 0 Å². The molecule has 0 bridgehead atoms. The van der Waals surface area contributed by atoms with E-state index in [0.717, 1.165) is 105 Å². The molecular weight excluding hydrogens is 709 g/mol. The highest BCUT2D eigenvalue weighted by Crippen LogP contribution is 2.35. The SMILES string of the molecule is c1ccc(-c2cc(-c3ccc(-c4ccc5cc(-c6ccc7ccc(-c8cc9cccnc9c9ncccc89)nc7c6)ccc5n4)cc3)nc(-c3ccccc3)n2)cc1. The van der Waals surface area contributed by atoms with E-state index in [1.54, 1.807) is 0 Å². The van der Waals surface area contributed by atoms with Crippen LogP contribution in [0, 0.1) is 0 Å². The number of aromatic nitrogens is 6. The first-order chi connectivity index (χ1) is 28.7. The van der Waals surface area contributed by atoms with Crippen LogP contribution in [-0.4, -0.2) is 29.9 Å². The van der Waals surface area contributed by atoms with Crippen molar-refractivity contribution >= 4 is 43.6 Å². The van der Waals surface area contributed by atoms with Crippen LogP contribution in [0.15, 0.2) is 194 Å². The van der Waals surface area contributed by atoms with Gasteiger partial charge in [0.1, 0.15) is 0 Å². The van der Waals surface area contributed by atoms with E-state index in [1.807, 2.05) is 73.1 Å². The Morgan fingerprint density at radius 3 is 1.67 bits per heavy atom. The Bertz CT molecular complexity index is 3270. The van der Waals surface area contributed by atoms with E-state index in [1.165, 1.54) is 0 Å². The minimum atomic E-state index is 0.701. The van der Waals surface area contributed by atoms with Crippen LogP contribution in [0.25, 0.3) is 111 Å². The molecule has 5 aromatic heterocycles. The maximum absolute atomic E-state index is 5.19. The van der Waals surface area contributed by atoms with Crippen molar-refractivity contribution in [3.05, 3.63) is 194 Å². The molecular formula is C52H32N6. The van der Waals surface area contributed by atoms with Crippen molar-refractivity contribution in [1.29, 1.82) is 0 Å². The maximum Gasteiger partial charge on any atom is 0.160 e. The first-order valence-electron chi connectivity index (χ1n) is 19.3. The molecule has 0 aliphatic heterocycles. The molecule has 58 heavy (non-hydrogen) atoms. The summed E-state index contributed by atoms with van der Waals surface area (Å²) in [6.45, 7) is 0. The lowest BCUT2D eigenvalue weighted by Gasteiger charge is -2.11. The minimum Gasteiger partial charge on any atom is -0.254 e. The summed E-state index contributed by atoms with van der Waals surface area (Å²) in [7, 11) is 0. The fourth-order valence-electron chi connectivity index (χ4n) is 7.78. The smallest absolute Gasteiger partial charge is 0.160 e. The van der Waals surface area contributed by atoms with Crippen LogP contribution in [0.2, 0.25) is 0 Å². The molecule has 0 saturated carbocycles. The van der Waals surface area contributed by atoms with Crippen LogP contribution in [0.5, 0.6) is 0 Å². The molecule has 5 heterocycles. The first-order valence-corrected chi connectivity index (χ1v) is 19.3. The Kier molecular flexibility index (Phi) is 8.04. The molecule has 6 nitrogen and oxygen atoms in total. The Labute approximate surface area is 334 Å². The van der Waals surface area contributed by atoms with Gasteiger partial charge < -0.3 is 0 Å². The van der Waals surface area contributed by atoms with E-state index in [0.29, 0.717) is 5.82 Å². The third-order valence-electron chi connectivity index (χ3n) is 10.8. The number of fused-ring (bicyclic) bond motifs is 5. The number of hydrogen-bond donors (Lipinski definition) is 0. The zero-order chi connectivity index (χ0) is 38.4. The van der Waals surface area contributed by atoms with Crippen molar-refractivity contribution in [2.45, 2.75) is 0 Å². The molecule has 0 atom stereocenters. The van der Waals surface area contributed by atoms with Crippen molar-refractivity contribution in [3.8, 4) is 67.5 Å². The summed E-state index contributed by atoms with van der Waals surface area (Å²) in [6.07, 6.45) is 3.64. The van der Waals surface area contributed by atoms with Gasteiger partial charge >= 0.3 is 0 Å². The van der Waals surface area contributed by atoms with Crippen LogP contribution in [0.1, 0.15) is 0 Å². The lowest BCUT2D eigenvalue weighted by atomic mass is 9.99. The van der Waals surface area contributed by atoms with Gasteiger partial charge in [-0.15, -0.1) is 0 Å². The third kappa shape index (κ3) is 6.10. The Hall–Kier alpha value is -7.96. The van der Waals surface area contributed by atoms with Gasteiger partial charge in [0.2, 0.25) is 0 Å². The lowest BCUT2D eigenvalue weighted by Crippen LogP contribution is -1.96. The Morgan fingerprint density at radius 1 is 0.293 bits per heavy atom. The largest absolute Gasteiger partial charge is 0.254 e. The average molecular weight is 741 g/mol. The molecule has 11 rings (SSSR count). The summed E-state index contributed by atoms with van der Waals surface area (Å²) < 4.78 is 0. The number of hydrogen-bond acceptors (Lipinski definition) is 6. The second-order valence-corrected chi connectivity index (χ2v) is 14.4. The molecule has 6 heteroatoms.